The largest absolute Gasteiger partial charge is 0.485 e. The van der Waals surface area contributed by atoms with Crippen molar-refractivity contribution in [3.8, 4) is 23.8 Å². The lowest BCUT2D eigenvalue weighted by Gasteiger charge is -2.25. The van der Waals surface area contributed by atoms with Crippen LogP contribution in [0.2, 0.25) is 0 Å². The van der Waals surface area contributed by atoms with E-state index in [1.807, 2.05) is 6.07 Å². The summed E-state index contributed by atoms with van der Waals surface area (Å²) in [6.45, 7) is 0.200. The highest BCUT2D eigenvalue weighted by atomic mass is 16.6. The van der Waals surface area contributed by atoms with Crippen LogP contribution in [0.1, 0.15) is 10.4 Å². The van der Waals surface area contributed by atoms with Crippen molar-refractivity contribution in [3.63, 3.8) is 0 Å². The van der Waals surface area contributed by atoms with Crippen LogP contribution in [0.4, 0.5) is 5.69 Å². The predicted molar refractivity (Wildman–Crippen MR) is 92.6 cm³/mol. The van der Waals surface area contributed by atoms with Gasteiger partial charge in [-0.15, -0.1) is 6.42 Å². The highest BCUT2D eigenvalue weighted by Crippen LogP contribution is 2.31. The van der Waals surface area contributed by atoms with E-state index in [9.17, 15) is 9.59 Å². The summed E-state index contributed by atoms with van der Waals surface area (Å²) in [5.74, 6) is 2.68. The van der Waals surface area contributed by atoms with Crippen LogP contribution in [0.5, 0.6) is 11.5 Å². The van der Waals surface area contributed by atoms with Gasteiger partial charge in [-0.25, -0.2) is 0 Å². The number of fused-ring (bicyclic) bond motifs is 1. The van der Waals surface area contributed by atoms with E-state index in [1.165, 1.54) is 0 Å². The summed E-state index contributed by atoms with van der Waals surface area (Å²) in [6, 6.07) is 13.8. The van der Waals surface area contributed by atoms with Crippen LogP contribution in [0.15, 0.2) is 48.5 Å². The molecule has 0 aromatic heterocycles. The van der Waals surface area contributed by atoms with Gasteiger partial charge in [0.15, 0.2) is 11.5 Å². The summed E-state index contributed by atoms with van der Waals surface area (Å²) in [7, 11) is 0. The van der Waals surface area contributed by atoms with Crippen molar-refractivity contribution in [2.45, 2.75) is 6.10 Å². The minimum Gasteiger partial charge on any atom is -0.485 e. The lowest BCUT2D eigenvalue weighted by Crippen LogP contribution is -2.40. The van der Waals surface area contributed by atoms with Gasteiger partial charge in [-0.05, 0) is 24.3 Å². The summed E-state index contributed by atoms with van der Waals surface area (Å²) in [4.78, 5) is 24.6. The highest BCUT2D eigenvalue weighted by Gasteiger charge is 2.28. The molecule has 0 radical (unpaired) electrons. The molecule has 6 nitrogen and oxygen atoms in total. The number of hydrogen-bond donors (Lipinski definition) is 2. The van der Waals surface area contributed by atoms with Crippen molar-refractivity contribution >= 4 is 17.5 Å². The van der Waals surface area contributed by atoms with Crippen LogP contribution in [0, 0.1) is 12.3 Å². The molecule has 0 fully saturated rings. The minimum atomic E-state index is -0.809. The molecular weight excluding hydrogens is 320 g/mol. The number of rotatable bonds is 4. The molecule has 25 heavy (non-hydrogen) atoms. The first-order chi connectivity index (χ1) is 12.2. The monoisotopic (exact) mass is 336 g/mol. The topological polar surface area (TPSA) is 76.7 Å². The normalized spacial score (nSPS) is 14.9. The summed E-state index contributed by atoms with van der Waals surface area (Å²) in [5, 5.41) is 5.28. The van der Waals surface area contributed by atoms with Gasteiger partial charge in [0.2, 0.25) is 6.10 Å². The molecule has 2 aromatic rings. The third-order valence-electron chi connectivity index (χ3n) is 3.58. The second-order valence-electron chi connectivity index (χ2n) is 5.29. The molecule has 3 rings (SSSR count). The number of anilines is 1. The fourth-order valence-corrected chi connectivity index (χ4v) is 2.38. The smallest absolute Gasteiger partial charge is 0.269 e. The number of terminal acetylenes is 1. The standard InChI is InChI=1S/C19H16N2O4/c1-2-11-20-18(22)13-7-3-4-8-14(13)21-19(23)17-12-24-15-9-5-6-10-16(15)25-17/h1,3-10,17H,11-12H2,(H,20,22)(H,21,23). The molecular formula is C19H16N2O4. The van der Waals surface area contributed by atoms with Crippen molar-refractivity contribution in [2.75, 3.05) is 18.5 Å². The van der Waals surface area contributed by atoms with Crippen LogP contribution < -0.4 is 20.1 Å². The van der Waals surface area contributed by atoms with Crippen molar-refractivity contribution in [3.05, 3.63) is 54.1 Å². The fraction of sp³-hybridized carbons (Fsp3) is 0.158. The minimum absolute atomic E-state index is 0.0916. The van der Waals surface area contributed by atoms with Crippen LogP contribution in [-0.4, -0.2) is 31.1 Å². The fourth-order valence-electron chi connectivity index (χ4n) is 2.38. The number of nitrogens with one attached hydrogen (secondary N) is 2. The number of hydrogen-bond acceptors (Lipinski definition) is 4. The molecule has 0 aliphatic carbocycles. The number of para-hydroxylation sites is 3. The Morgan fingerprint density at radius 1 is 1.12 bits per heavy atom. The predicted octanol–water partition coefficient (Wildman–Crippen LogP) is 1.83. The second-order valence-corrected chi connectivity index (χ2v) is 5.29. The molecule has 126 valence electrons. The molecule has 1 atom stereocenters. The summed E-state index contributed by atoms with van der Waals surface area (Å²) >= 11 is 0. The van der Waals surface area contributed by atoms with E-state index in [-0.39, 0.29) is 19.1 Å². The Balaban J connectivity index is 1.72. The van der Waals surface area contributed by atoms with Gasteiger partial charge >= 0.3 is 0 Å². The quantitative estimate of drug-likeness (QED) is 0.835. The number of amides is 2. The summed E-state index contributed by atoms with van der Waals surface area (Å²) in [6.07, 6.45) is 4.34. The van der Waals surface area contributed by atoms with E-state index in [0.717, 1.165) is 0 Å². The van der Waals surface area contributed by atoms with Gasteiger partial charge in [0.1, 0.15) is 6.61 Å². The van der Waals surface area contributed by atoms with Crippen molar-refractivity contribution < 1.29 is 19.1 Å². The molecule has 2 amide bonds. The molecule has 2 aromatic carbocycles. The average Bonchev–Trinajstić information content (AvgIpc) is 2.66. The first-order valence-electron chi connectivity index (χ1n) is 7.69. The zero-order valence-corrected chi connectivity index (χ0v) is 13.3. The maximum absolute atomic E-state index is 12.5. The molecule has 1 aliphatic heterocycles. The number of benzene rings is 2. The lowest BCUT2D eigenvalue weighted by atomic mass is 10.1. The summed E-state index contributed by atoms with van der Waals surface area (Å²) in [5.41, 5.74) is 0.702. The second kappa shape index (κ2) is 7.41. The molecule has 0 bridgehead atoms. The van der Waals surface area contributed by atoms with E-state index in [1.54, 1.807) is 42.5 Å². The molecule has 0 saturated carbocycles. The average molecular weight is 336 g/mol. The van der Waals surface area contributed by atoms with Crippen LogP contribution in [-0.2, 0) is 4.79 Å². The molecule has 0 saturated heterocycles. The number of carbonyl (C=O) groups is 2. The van der Waals surface area contributed by atoms with Crippen molar-refractivity contribution in [2.24, 2.45) is 0 Å². The first-order valence-corrected chi connectivity index (χ1v) is 7.69. The van der Waals surface area contributed by atoms with Crippen LogP contribution in [0.25, 0.3) is 0 Å². The summed E-state index contributed by atoms with van der Waals surface area (Å²) < 4.78 is 11.2. The highest BCUT2D eigenvalue weighted by molar-refractivity contribution is 6.04. The first kappa shape index (κ1) is 16.4. The van der Waals surface area contributed by atoms with Gasteiger partial charge in [-0.3, -0.25) is 9.59 Å². The molecule has 1 aliphatic rings. The van der Waals surface area contributed by atoms with Crippen molar-refractivity contribution in [1.82, 2.24) is 5.32 Å². The Morgan fingerprint density at radius 2 is 1.84 bits per heavy atom. The zero-order chi connectivity index (χ0) is 17.6. The maximum atomic E-state index is 12.5. The van der Waals surface area contributed by atoms with E-state index in [2.05, 4.69) is 16.6 Å². The van der Waals surface area contributed by atoms with Gasteiger partial charge in [0.05, 0.1) is 17.8 Å². The Labute approximate surface area is 145 Å². The van der Waals surface area contributed by atoms with Gasteiger partial charge < -0.3 is 20.1 Å². The van der Waals surface area contributed by atoms with Gasteiger partial charge in [0.25, 0.3) is 11.8 Å². The molecule has 2 N–H and O–H groups in total. The van der Waals surface area contributed by atoms with Gasteiger partial charge in [-0.1, -0.05) is 30.2 Å². The molecule has 1 heterocycles. The Hall–Kier alpha value is -3.46. The van der Waals surface area contributed by atoms with E-state index >= 15 is 0 Å². The molecule has 0 spiro atoms. The van der Waals surface area contributed by atoms with Crippen LogP contribution >= 0.6 is 0 Å². The van der Waals surface area contributed by atoms with Gasteiger partial charge in [0, 0.05) is 0 Å². The SMILES string of the molecule is C#CCNC(=O)c1ccccc1NC(=O)C1COc2ccccc2O1. The molecule has 1 unspecified atom stereocenters. The third-order valence-corrected chi connectivity index (χ3v) is 3.58. The Morgan fingerprint density at radius 3 is 2.64 bits per heavy atom. The molecule has 6 heteroatoms. The zero-order valence-electron chi connectivity index (χ0n) is 13.3. The van der Waals surface area contributed by atoms with E-state index in [4.69, 9.17) is 15.9 Å². The van der Waals surface area contributed by atoms with E-state index < -0.39 is 12.0 Å². The maximum Gasteiger partial charge on any atom is 0.269 e. The number of ether oxygens (including phenoxy) is 2. The number of carbonyl (C=O) groups excluding carboxylic acids is 2. The van der Waals surface area contributed by atoms with E-state index in [0.29, 0.717) is 22.7 Å². The Kier molecular flexibility index (Phi) is 4.86. The third kappa shape index (κ3) is 3.72. The van der Waals surface area contributed by atoms with Crippen molar-refractivity contribution in [1.29, 1.82) is 0 Å². The van der Waals surface area contributed by atoms with Gasteiger partial charge in [-0.2, -0.15) is 0 Å². The lowest BCUT2D eigenvalue weighted by molar-refractivity contribution is -0.125. The van der Waals surface area contributed by atoms with Crippen LogP contribution in [0.3, 0.4) is 0 Å². The Bertz CT molecular complexity index is 841.